The molecule has 0 aliphatic heterocycles. The number of hydrogen-bond donors (Lipinski definition) is 1. The van der Waals surface area contributed by atoms with Crippen LogP contribution in [0.1, 0.15) is 30.7 Å². The van der Waals surface area contributed by atoms with Crippen molar-refractivity contribution in [1.29, 1.82) is 0 Å². The lowest BCUT2D eigenvalue weighted by atomic mass is 9.99. The van der Waals surface area contributed by atoms with Gasteiger partial charge in [0.05, 0.1) is 5.69 Å². The number of nitrogens with two attached hydrogens (primary N) is 1. The van der Waals surface area contributed by atoms with Crippen molar-refractivity contribution < 1.29 is 0 Å². The zero-order valence-electron chi connectivity index (χ0n) is 12.1. The molecular formula is C16H21N3. The predicted octanol–water partition coefficient (Wildman–Crippen LogP) is 3.54. The second-order valence-electron chi connectivity index (χ2n) is 5.45. The fraction of sp³-hybridized carbons (Fsp3) is 0.375. The van der Waals surface area contributed by atoms with Crippen LogP contribution in [0.15, 0.2) is 24.3 Å². The van der Waals surface area contributed by atoms with Crippen molar-refractivity contribution in [2.75, 3.05) is 5.73 Å². The Hall–Kier alpha value is -1.90. The summed E-state index contributed by atoms with van der Waals surface area (Å²) in [4.78, 5) is 8.70. The van der Waals surface area contributed by atoms with Crippen molar-refractivity contribution in [3.05, 3.63) is 41.1 Å². The first kappa shape index (κ1) is 13.5. The molecule has 0 aliphatic carbocycles. The molecule has 100 valence electrons. The zero-order valence-corrected chi connectivity index (χ0v) is 12.1. The highest BCUT2D eigenvalue weighted by molar-refractivity contribution is 5.66. The average Bonchev–Trinajstić information content (AvgIpc) is 2.31. The Kier molecular flexibility index (Phi) is 3.84. The Balaban J connectivity index is 2.50. The van der Waals surface area contributed by atoms with E-state index in [4.69, 9.17) is 5.73 Å². The van der Waals surface area contributed by atoms with Gasteiger partial charge in [-0.25, -0.2) is 9.97 Å². The van der Waals surface area contributed by atoms with Gasteiger partial charge in [0.15, 0.2) is 0 Å². The van der Waals surface area contributed by atoms with E-state index in [1.165, 1.54) is 11.1 Å². The summed E-state index contributed by atoms with van der Waals surface area (Å²) in [5, 5.41) is 0. The van der Waals surface area contributed by atoms with E-state index in [1.54, 1.807) is 0 Å². The van der Waals surface area contributed by atoms with Gasteiger partial charge in [-0.3, -0.25) is 0 Å². The first-order valence-electron chi connectivity index (χ1n) is 6.67. The van der Waals surface area contributed by atoms with Crippen molar-refractivity contribution in [2.45, 2.75) is 34.1 Å². The van der Waals surface area contributed by atoms with Gasteiger partial charge in [-0.1, -0.05) is 32.0 Å². The second-order valence-corrected chi connectivity index (χ2v) is 5.45. The smallest absolute Gasteiger partial charge is 0.220 e. The molecule has 0 aliphatic rings. The van der Waals surface area contributed by atoms with E-state index in [0.717, 1.165) is 23.4 Å². The number of nitrogen functional groups attached to an aromatic ring is 1. The Bertz CT molecular complexity index is 589. The standard InChI is InChI=1S/C16H21N3/c1-10(2)8-13-9-15(19-16(17)18-13)14-7-5-6-11(3)12(14)4/h5-7,9-10H,8H2,1-4H3,(H2,17,18,19). The number of benzene rings is 1. The highest BCUT2D eigenvalue weighted by Crippen LogP contribution is 2.25. The van der Waals surface area contributed by atoms with E-state index < -0.39 is 0 Å². The number of aryl methyl sites for hydroxylation is 1. The normalized spacial score (nSPS) is 11.0. The molecule has 0 amide bonds. The molecule has 2 rings (SSSR count). The fourth-order valence-corrected chi connectivity index (χ4v) is 2.21. The van der Waals surface area contributed by atoms with Crippen LogP contribution in [0.4, 0.5) is 5.95 Å². The summed E-state index contributed by atoms with van der Waals surface area (Å²) in [6, 6.07) is 8.30. The first-order chi connectivity index (χ1) is 8.97. The third-order valence-corrected chi connectivity index (χ3v) is 3.29. The summed E-state index contributed by atoms with van der Waals surface area (Å²) in [6.45, 7) is 8.58. The van der Waals surface area contributed by atoms with E-state index >= 15 is 0 Å². The minimum absolute atomic E-state index is 0.356. The second kappa shape index (κ2) is 5.39. The van der Waals surface area contributed by atoms with E-state index in [0.29, 0.717) is 11.9 Å². The number of nitrogens with zero attached hydrogens (tertiary/aromatic N) is 2. The van der Waals surface area contributed by atoms with Crippen LogP contribution in [0, 0.1) is 19.8 Å². The van der Waals surface area contributed by atoms with Gasteiger partial charge in [-0.05, 0) is 43.4 Å². The number of aromatic nitrogens is 2. The monoisotopic (exact) mass is 255 g/mol. The van der Waals surface area contributed by atoms with Crippen LogP contribution in [0.3, 0.4) is 0 Å². The summed E-state index contributed by atoms with van der Waals surface area (Å²) in [5.74, 6) is 0.912. The van der Waals surface area contributed by atoms with Crippen molar-refractivity contribution >= 4 is 5.95 Å². The van der Waals surface area contributed by atoms with Gasteiger partial charge in [0.2, 0.25) is 5.95 Å². The predicted molar refractivity (Wildman–Crippen MR) is 79.9 cm³/mol. The van der Waals surface area contributed by atoms with Crippen LogP contribution in [0.5, 0.6) is 0 Å². The highest BCUT2D eigenvalue weighted by Gasteiger charge is 2.09. The van der Waals surface area contributed by atoms with E-state index in [2.05, 4.69) is 61.9 Å². The lowest BCUT2D eigenvalue weighted by Crippen LogP contribution is -2.04. The molecule has 1 aromatic carbocycles. The summed E-state index contributed by atoms with van der Waals surface area (Å²) in [5.41, 5.74) is 11.4. The highest BCUT2D eigenvalue weighted by atomic mass is 15.0. The van der Waals surface area contributed by atoms with Crippen molar-refractivity contribution in [3.63, 3.8) is 0 Å². The molecule has 0 saturated heterocycles. The quantitative estimate of drug-likeness (QED) is 0.912. The molecule has 0 saturated carbocycles. The molecule has 0 unspecified atom stereocenters. The van der Waals surface area contributed by atoms with Crippen LogP contribution in [0.25, 0.3) is 11.3 Å². The molecule has 1 heterocycles. The molecule has 19 heavy (non-hydrogen) atoms. The molecule has 2 N–H and O–H groups in total. The van der Waals surface area contributed by atoms with Crippen LogP contribution >= 0.6 is 0 Å². The van der Waals surface area contributed by atoms with Gasteiger partial charge in [0, 0.05) is 11.3 Å². The van der Waals surface area contributed by atoms with Crippen LogP contribution in [-0.2, 0) is 6.42 Å². The number of anilines is 1. The zero-order chi connectivity index (χ0) is 14.0. The van der Waals surface area contributed by atoms with Gasteiger partial charge in [0.25, 0.3) is 0 Å². The Morgan fingerprint density at radius 2 is 1.89 bits per heavy atom. The SMILES string of the molecule is Cc1cccc(-c2cc(CC(C)C)nc(N)n2)c1C. The molecular weight excluding hydrogens is 234 g/mol. The fourth-order valence-electron chi connectivity index (χ4n) is 2.21. The number of hydrogen-bond acceptors (Lipinski definition) is 3. The summed E-state index contributed by atoms with van der Waals surface area (Å²) in [7, 11) is 0. The molecule has 0 fully saturated rings. The third kappa shape index (κ3) is 3.11. The Labute approximate surface area is 114 Å². The molecule has 2 aromatic rings. The maximum absolute atomic E-state index is 5.84. The number of rotatable bonds is 3. The van der Waals surface area contributed by atoms with Crippen molar-refractivity contribution in [2.24, 2.45) is 5.92 Å². The van der Waals surface area contributed by atoms with Gasteiger partial charge >= 0.3 is 0 Å². The summed E-state index contributed by atoms with van der Waals surface area (Å²) < 4.78 is 0. The van der Waals surface area contributed by atoms with Crippen molar-refractivity contribution in [3.8, 4) is 11.3 Å². The lowest BCUT2D eigenvalue weighted by Gasteiger charge is -2.11. The maximum atomic E-state index is 5.84. The van der Waals surface area contributed by atoms with Crippen molar-refractivity contribution in [1.82, 2.24) is 9.97 Å². The van der Waals surface area contributed by atoms with Gasteiger partial charge in [-0.15, -0.1) is 0 Å². The molecule has 0 bridgehead atoms. The minimum Gasteiger partial charge on any atom is -0.368 e. The van der Waals surface area contributed by atoms with E-state index in [1.807, 2.05) is 0 Å². The molecule has 3 nitrogen and oxygen atoms in total. The molecule has 0 spiro atoms. The van der Waals surface area contributed by atoms with E-state index in [9.17, 15) is 0 Å². The third-order valence-electron chi connectivity index (χ3n) is 3.29. The summed E-state index contributed by atoms with van der Waals surface area (Å²) >= 11 is 0. The van der Waals surface area contributed by atoms with Gasteiger partial charge < -0.3 is 5.73 Å². The van der Waals surface area contributed by atoms with Crippen LogP contribution in [0.2, 0.25) is 0 Å². The van der Waals surface area contributed by atoms with Gasteiger partial charge in [-0.2, -0.15) is 0 Å². The average molecular weight is 255 g/mol. The Morgan fingerprint density at radius 3 is 2.58 bits per heavy atom. The molecule has 1 aromatic heterocycles. The van der Waals surface area contributed by atoms with Gasteiger partial charge in [0.1, 0.15) is 0 Å². The van der Waals surface area contributed by atoms with E-state index in [-0.39, 0.29) is 0 Å². The first-order valence-corrected chi connectivity index (χ1v) is 6.67. The maximum Gasteiger partial charge on any atom is 0.220 e. The molecule has 3 heteroatoms. The largest absolute Gasteiger partial charge is 0.368 e. The molecule has 0 radical (unpaired) electrons. The minimum atomic E-state index is 0.356. The lowest BCUT2D eigenvalue weighted by molar-refractivity contribution is 0.635. The van der Waals surface area contributed by atoms with Crippen LogP contribution < -0.4 is 5.73 Å². The molecule has 0 atom stereocenters. The summed E-state index contributed by atoms with van der Waals surface area (Å²) in [6.07, 6.45) is 0.921. The van der Waals surface area contributed by atoms with Crippen LogP contribution in [-0.4, -0.2) is 9.97 Å². The Morgan fingerprint density at radius 1 is 1.16 bits per heavy atom. The topological polar surface area (TPSA) is 51.8 Å².